The minimum atomic E-state index is -0.184. The summed E-state index contributed by atoms with van der Waals surface area (Å²) in [6.07, 6.45) is 9.12. The standard InChI is InChI=1S/C30H45N3O2/c1-7-25-11-10-24(20-34-25)12-15-31-16-18-32(19-17-31)27-21(2)22(3)28-26(23(27)4)29(30(5,6)35-28)33-13-8-9-14-33/h10-11,29H,7-9,12-20H2,1-6H3. The number of hydrogen-bond acceptors (Lipinski definition) is 5. The second-order valence-electron chi connectivity index (χ2n) is 11.5. The van der Waals surface area contributed by atoms with E-state index in [0.29, 0.717) is 6.04 Å². The predicted molar refractivity (Wildman–Crippen MR) is 145 cm³/mol. The molecule has 0 bridgehead atoms. The van der Waals surface area contributed by atoms with E-state index >= 15 is 0 Å². The fraction of sp³-hybridized carbons (Fsp3) is 0.667. The van der Waals surface area contributed by atoms with Crippen LogP contribution in [0.15, 0.2) is 23.5 Å². The first-order valence-corrected chi connectivity index (χ1v) is 13.9. The molecule has 1 aromatic rings. The summed E-state index contributed by atoms with van der Waals surface area (Å²) in [5, 5.41) is 0. The fourth-order valence-electron chi connectivity index (χ4n) is 6.72. The molecule has 0 saturated carbocycles. The number of anilines is 1. The van der Waals surface area contributed by atoms with Crippen LogP contribution in [0.2, 0.25) is 0 Å². The average Bonchev–Trinajstić information content (AvgIpc) is 3.48. The molecule has 35 heavy (non-hydrogen) atoms. The van der Waals surface area contributed by atoms with Gasteiger partial charge in [-0.3, -0.25) is 9.80 Å². The first-order valence-electron chi connectivity index (χ1n) is 13.9. The van der Waals surface area contributed by atoms with E-state index < -0.39 is 0 Å². The molecule has 0 aliphatic carbocycles. The van der Waals surface area contributed by atoms with Crippen LogP contribution in [0.4, 0.5) is 5.69 Å². The normalized spacial score (nSPS) is 24.6. The third-order valence-corrected chi connectivity index (χ3v) is 8.80. The first kappa shape index (κ1) is 24.7. The second kappa shape index (κ2) is 9.82. The van der Waals surface area contributed by atoms with E-state index in [1.54, 1.807) is 0 Å². The second-order valence-corrected chi connectivity index (χ2v) is 11.5. The molecular weight excluding hydrogens is 434 g/mol. The molecule has 2 fully saturated rings. The zero-order chi connectivity index (χ0) is 24.7. The highest BCUT2D eigenvalue weighted by atomic mass is 16.5. The molecule has 1 aromatic carbocycles. The number of allylic oxidation sites excluding steroid dienone is 3. The number of ether oxygens (including phenoxy) is 2. The van der Waals surface area contributed by atoms with Gasteiger partial charge in [0.25, 0.3) is 0 Å². The number of hydrogen-bond donors (Lipinski definition) is 0. The molecule has 2 saturated heterocycles. The number of nitrogens with zero attached hydrogens (tertiary/aromatic N) is 3. The maximum absolute atomic E-state index is 6.69. The number of piperazine rings is 1. The largest absolute Gasteiger partial charge is 0.494 e. The van der Waals surface area contributed by atoms with E-state index in [-0.39, 0.29) is 5.60 Å². The van der Waals surface area contributed by atoms with Gasteiger partial charge in [-0.1, -0.05) is 13.0 Å². The first-order chi connectivity index (χ1) is 16.8. The highest BCUT2D eigenvalue weighted by molar-refractivity contribution is 5.71. The molecule has 192 valence electrons. The molecule has 1 atom stereocenters. The Labute approximate surface area is 212 Å². The highest BCUT2D eigenvalue weighted by Gasteiger charge is 2.47. The third-order valence-electron chi connectivity index (χ3n) is 8.80. The topological polar surface area (TPSA) is 28.2 Å². The Morgan fingerprint density at radius 3 is 2.26 bits per heavy atom. The van der Waals surface area contributed by atoms with Crippen molar-refractivity contribution in [1.29, 1.82) is 0 Å². The Bertz CT molecular complexity index is 1010. The van der Waals surface area contributed by atoms with Gasteiger partial charge in [0.05, 0.1) is 11.8 Å². The monoisotopic (exact) mass is 479 g/mol. The van der Waals surface area contributed by atoms with Gasteiger partial charge in [-0.2, -0.15) is 0 Å². The summed E-state index contributed by atoms with van der Waals surface area (Å²) < 4.78 is 12.5. The predicted octanol–water partition coefficient (Wildman–Crippen LogP) is 5.68. The van der Waals surface area contributed by atoms with Gasteiger partial charge in [0, 0.05) is 50.4 Å². The van der Waals surface area contributed by atoms with Crippen LogP contribution >= 0.6 is 0 Å². The maximum atomic E-state index is 6.69. The van der Waals surface area contributed by atoms with Gasteiger partial charge in [0.2, 0.25) is 0 Å². The molecule has 4 heterocycles. The van der Waals surface area contributed by atoms with E-state index in [4.69, 9.17) is 9.47 Å². The van der Waals surface area contributed by atoms with Crippen LogP contribution in [-0.4, -0.2) is 67.8 Å². The van der Waals surface area contributed by atoms with Gasteiger partial charge >= 0.3 is 0 Å². The van der Waals surface area contributed by atoms with Crippen molar-refractivity contribution < 1.29 is 9.47 Å². The van der Waals surface area contributed by atoms with Crippen LogP contribution < -0.4 is 9.64 Å². The summed E-state index contributed by atoms with van der Waals surface area (Å²) in [7, 11) is 0. The van der Waals surface area contributed by atoms with Crippen molar-refractivity contribution in [1.82, 2.24) is 9.80 Å². The van der Waals surface area contributed by atoms with Crippen LogP contribution in [0.1, 0.15) is 74.8 Å². The number of rotatable bonds is 6. The lowest BCUT2D eigenvalue weighted by molar-refractivity contribution is 0.0396. The minimum absolute atomic E-state index is 0.184. The van der Waals surface area contributed by atoms with E-state index in [9.17, 15) is 0 Å². The molecule has 0 N–H and O–H groups in total. The molecule has 4 aliphatic heterocycles. The van der Waals surface area contributed by atoms with Gasteiger partial charge in [-0.05, 0) is 95.3 Å². The van der Waals surface area contributed by atoms with Crippen LogP contribution in [0.25, 0.3) is 0 Å². The van der Waals surface area contributed by atoms with Gasteiger partial charge < -0.3 is 14.4 Å². The van der Waals surface area contributed by atoms with Crippen molar-refractivity contribution >= 4 is 5.69 Å². The Morgan fingerprint density at radius 2 is 1.63 bits per heavy atom. The van der Waals surface area contributed by atoms with E-state index in [1.807, 2.05) is 0 Å². The van der Waals surface area contributed by atoms with E-state index in [2.05, 4.69) is 68.4 Å². The molecular formula is C30H45N3O2. The van der Waals surface area contributed by atoms with Crippen molar-refractivity contribution in [2.24, 2.45) is 0 Å². The van der Waals surface area contributed by atoms with Crippen LogP contribution in [0.5, 0.6) is 5.75 Å². The van der Waals surface area contributed by atoms with Crippen molar-refractivity contribution in [2.75, 3.05) is 57.3 Å². The van der Waals surface area contributed by atoms with Crippen LogP contribution in [0, 0.1) is 20.8 Å². The van der Waals surface area contributed by atoms with Gasteiger partial charge in [-0.15, -0.1) is 0 Å². The Kier molecular flexibility index (Phi) is 6.93. The summed E-state index contributed by atoms with van der Waals surface area (Å²) in [5.41, 5.74) is 8.34. The smallest absolute Gasteiger partial charge is 0.128 e. The lowest BCUT2D eigenvalue weighted by atomic mass is 9.87. The van der Waals surface area contributed by atoms with Crippen molar-refractivity contribution in [3.05, 3.63) is 45.7 Å². The quantitative estimate of drug-likeness (QED) is 0.523. The molecule has 1 unspecified atom stereocenters. The molecule has 0 aromatic heterocycles. The van der Waals surface area contributed by atoms with Crippen molar-refractivity contribution in [3.8, 4) is 5.75 Å². The number of benzene rings is 1. The molecule has 5 nitrogen and oxygen atoms in total. The van der Waals surface area contributed by atoms with Crippen LogP contribution in [-0.2, 0) is 4.74 Å². The summed E-state index contributed by atoms with van der Waals surface area (Å²) in [6, 6.07) is 0.354. The SMILES string of the molecule is CCC1=CC=C(CCN2CCN(c3c(C)c(C)c4c(c3C)C(N3CCCC3)C(C)(C)O4)CC2)CO1. The van der Waals surface area contributed by atoms with Gasteiger partial charge in [-0.25, -0.2) is 0 Å². The number of fused-ring (bicyclic) bond motifs is 1. The molecule has 5 rings (SSSR count). The number of likely N-dealkylation sites (tertiary alicyclic amines) is 1. The lowest BCUT2D eigenvalue weighted by Gasteiger charge is -2.39. The summed E-state index contributed by atoms with van der Waals surface area (Å²) >= 11 is 0. The molecule has 0 radical (unpaired) electrons. The highest BCUT2D eigenvalue weighted by Crippen LogP contribution is 2.53. The van der Waals surface area contributed by atoms with Gasteiger partial charge in [0.15, 0.2) is 0 Å². The minimum Gasteiger partial charge on any atom is -0.494 e. The maximum Gasteiger partial charge on any atom is 0.128 e. The Balaban J connectivity index is 1.31. The Morgan fingerprint density at radius 1 is 0.914 bits per heavy atom. The summed E-state index contributed by atoms with van der Waals surface area (Å²) in [4.78, 5) is 7.96. The van der Waals surface area contributed by atoms with E-state index in [0.717, 1.165) is 63.7 Å². The van der Waals surface area contributed by atoms with Gasteiger partial charge in [0.1, 0.15) is 18.0 Å². The van der Waals surface area contributed by atoms with Crippen molar-refractivity contribution in [3.63, 3.8) is 0 Å². The Hall–Kier alpha value is -1.98. The average molecular weight is 480 g/mol. The zero-order valence-corrected chi connectivity index (χ0v) is 22.9. The zero-order valence-electron chi connectivity index (χ0n) is 22.9. The lowest BCUT2D eigenvalue weighted by Crippen LogP contribution is -2.47. The summed E-state index contributed by atoms with van der Waals surface area (Å²) in [5.74, 6) is 2.27. The molecule has 0 spiro atoms. The summed E-state index contributed by atoms with van der Waals surface area (Å²) in [6.45, 7) is 22.3. The molecule has 0 amide bonds. The fourth-order valence-corrected chi connectivity index (χ4v) is 6.72. The molecule has 5 heteroatoms. The van der Waals surface area contributed by atoms with Crippen LogP contribution in [0.3, 0.4) is 0 Å². The third kappa shape index (κ3) is 4.62. The van der Waals surface area contributed by atoms with Crippen molar-refractivity contribution in [2.45, 2.75) is 78.9 Å². The van der Waals surface area contributed by atoms with E-state index in [1.165, 1.54) is 59.4 Å². The molecule has 4 aliphatic rings.